The monoisotopic (exact) mass is 362 g/mol. The Bertz CT molecular complexity index is 1150. The fourth-order valence-electron chi connectivity index (χ4n) is 2.97. The van der Waals surface area contributed by atoms with E-state index in [0.717, 1.165) is 11.6 Å². The predicted molar refractivity (Wildman–Crippen MR) is 97.3 cm³/mol. The van der Waals surface area contributed by atoms with Gasteiger partial charge in [0.15, 0.2) is 0 Å². The van der Waals surface area contributed by atoms with Gasteiger partial charge in [-0.2, -0.15) is 0 Å². The van der Waals surface area contributed by atoms with Crippen LogP contribution in [-0.4, -0.2) is 21.4 Å². The summed E-state index contributed by atoms with van der Waals surface area (Å²) in [5, 5.41) is 2.14. The van der Waals surface area contributed by atoms with E-state index in [9.17, 15) is 14.4 Å². The maximum absolute atomic E-state index is 12.5. The zero-order chi connectivity index (χ0) is 19.1. The van der Waals surface area contributed by atoms with Gasteiger partial charge < -0.3 is 10.5 Å². The molecule has 0 saturated heterocycles. The Morgan fingerprint density at radius 3 is 2.63 bits per heavy atom. The molecule has 1 aliphatic rings. The molecule has 0 saturated carbocycles. The Hall–Kier alpha value is -3.94. The highest BCUT2D eigenvalue weighted by atomic mass is 16.5. The second-order valence-corrected chi connectivity index (χ2v) is 6.02. The van der Waals surface area contributed by atoms with Crippen molar-refractivity contribution < 1.29 is 14.3 Å². The fourth-order valence-corrected chi connectivity index (χ4v) is 2.97. The number of hydrogen-bond acceptors (Lipinski definition) is 6. The van der Waals surface area contributed by atoms with Crippen molar-refractivity contribution in [3.63, 3.8) is 0 Å². The number of aromatic nitrogens is 2. The Labute approximate surface area is 153 Å². The first-order valence-electron chi connectivity index (χ1n) is 8.06. The number of anilines is 1. The van der Waals surface area contributed by atoms with Crippen LogP contribution in [0.4, 0.5) is 5.82 Å². The number of amides is 2. The highest BCUT2D eigenvalue weighted by Gasteiger charge is 2.31. The van der Waals surface area contributed by atoms with Gasteiger partial charge in [0, 0.05) is 12.3 Å². The summed E-state index contributed by atoms with van der Waals surface area (Å²) >= 11 is 0. The number of nitrogen functional groups attached to an aromatic ring is 1. The second-order valence-electron chi connectivity index (χ2n) is 6.02. The lowest BCUT2D eigenvalue weighted by molar-refractivity contribution is 0.0880. The molecule has 0 unspecified atom stereocenters. The quantitative estimate of drug-likeness (QED) is 0.686. The number of nitrogens with one attached hydrogen (secondary N) is 1. The van der Waals surface area contributed by atoms with Gasteiger partial charge in [-0.1, -0.05) is 0 Å². The van der Waals surface area contributed by atoms with Gasteiger partial charge >= 0.3 is 0 Å². The van der Waals surface area contributed by atoms with Crippen molar-refractivity contribution in [2.75, 3.05) is 5.73 Å². The molecular weight excluding hydrogens is 348 g/mol. The van der Waals surface area contributed by atoms with E-state index >= 15 is 0 Å². The lowest BCUT2D eigenvalue weighted by Gasteiger charge is -2.14. The summed E-state index contributed by atoms with van der Waals surface area (Å²) in [6, 6.07) is 9.71. The molecule has 8 heteroatoms. The Morgan fingerprint density at radius 2 is 1.93 bits per heavy atom. The van der Waals surface area contributed by atoms with Gasteiger partial charge in [-0.25, -0.2) is 0 Å². The van der Waals surface area contributed by atoms with Crippen molar-refractivity contribution in [2.45, 2.75) is 6.92 Å². The normalized spacial score (nSPS) is 12.6. The molecule has 4 rings (SSSR count). The minimum atomic E-state index is -0.623. The van der Waals surface area contributed by atoms with Crippen molar-refractivity contribution in [3.05, 3.63) is 75.8 Å². The molecule has 0 atom stereocenters. The molecule has 0 fully saturated rings. The standard InChI is InChI=1S/C19H14N4O4/c1-10-7-11(4-5-14(10)27-12-3-2-6-21-9-12)23-15(24)8-13-16(17(23)20)19(26)22-18(13)25/h2-9H,20H2,1H3,(H,22,25,26). The lowest BCUT2D eigenvalue weighted by atomic mass is 10.1. The van der Waals surface area contributed by atoms with E-state index < -0.39 is 17.4 Å². The molecule has 1 aliphatic heterocycles. The zero-order valence-corrected chi connectivity index (χ0v) is 14.2. The number of nitrogens with two attached hydrogens (primary N) is 1. The minimum absolute atomic E-state index is 0.00735. The maximum atomic E-state index is 12.5. The second kappa shape index (κ2) is 6.10. The van der Waals surface area contributed by atoms with Crippen molar-refractivity contribution in [1.29, 1.82) is 0 Å². The summed E-state index contributed by atoms with van der Waals surface area (Å²) < 4.78 is 6.97. The minimum Gasteiger partial charge on any atom is -0.455 e. The Morgan fingerprint density at radius 1 is 1.11 bits per heavy atom. The third-order valence-corrected chi connectivity index (χ3v) is 4.23. The molecular formula is C19H14N4O4. The van der Waals surface area contributed by atoms with Crippen LogP contribution in [-0.2, 0) is 0 Å². The molecule has 8 nitrogen and oxygen atoms in total. The van der Waals surface area contributed by atoms with Crippen molar-refractivity contribution in [2.24, 2.45) is 0 Å². The number of carbonyl (C=O) groups is 2. The number of benzene rings is 1. The summed E-state index contributed by atoms with van der Waals surface area (Å²) in [6.07, 6.45) is 3.23. The van der Waals surface area contributed by atoms with E-state index in [1.54, 1.807) is 42.7 Å². The number of fused-ring (bicyclic) bond motifs is 1. The number of nitrogens with zero attached hydrogens (tertiary/aromatic N) is 2. The van der Waals surface area contributed by atoms with E-state index in [-0.39, 0.29) is 16.9 Å². The van der Waals surface area contributed by atoms with Gasteiger partial charge in [0.1, 0.15) is 17.3 Å². The van der Waals surface area contributed by atoms with Crippen LogP contribution >= 0.6 is 0 Å². The smallest absolute Gasteiger partial charge is 0.262 e. The molecule has 27 heavy (non-hydrogen) atoms. The van der Waals surface area contributed by atoms with E-state index in [2.05, 4.69) is 10.3 Å². The number of rotatable bonds is 3. The van der Waals surface area contributed by atoms with E-state index in [1.165, 1.54) is 4.57 Å². The highest BCUT2D eigenvalue weighted by molar-refractivity contribution is 6.23. The number of pyridine rings is 2. The van der Waals surface area contributed by atoms with Gasteiger partial charge in [-0.3, -0.25) is 29.3 Å². The maximum Gasteiger partial charge on any atom is 0.262 e. The average molecular weight is 362 g/mol. The van der Waals surface area contributed by atoms with Crippen LogP contribution in [0.15, 0.2) is 53.6 Å². The third kappa shape index (κ3) is 2.73. The van der Waals surface area contributed by atoms with Crippen LogP contribution in [0, 0.1) is 6.92 Å². The SMILES string of the molecule is Cc1cc(-n2c(N)c3c(cc2=O)C(=O)NC3=O)ccc1Oc1cccnc1. The topological polar surface area (TPSA) is 116 Å². The summed E-state index contributed by atoms with van der Waals surface area (Å²) in [7, 11) is 0. The molecule has 1 aromatic carbocycles. The first kappa shape index (κ1) is 16.5. The van der Waals surface area contributed by atoms with Crippen LogP contribution in [0.5, 0.6) is 11.5 Å². The van der Waals surface area contributed by atoms with Crippen molar-refractivity contribution in [3.8, 4) is 17.2 Å². The van der Waals surface area contributed by atoms with Gasteiger partial charge in [-0.15, -0.1) is 0 Å². The van der Waals surface area contributed by atoms with E-state index in [4.69, 9.17) is 10.5 Å². The average Bonchev–Trinajstić information content (AvgIpc) is 2.92. The van der Waals surface area contributed by atoms with Crippen LogP contribution in [0.1, 0.15) is 26.3 Å². The molecule has 2 amide bonds. The molecule has 3 aromatic rings. The van der Waals surface area contributed by atoms with Gasteiger partial charge in [-0.05, 0) is 42.8 Å². The molecule has 3 heterocycles. The highest BCUT2D eigenvalue weighted by Crippen LogP contribution is 2.28. The van der Waals surface area contributed by atoms with Crippen LogP contribution in [0.25, 0.3) is 5.69 Å². The summed E-state index contributed by atoms with van der Waals surface area (Å²) in [6.45, 7) is 1.82. The van der Waals surface area contributed by atoms with Crippen LogP contribution in [0.2, 0.25) is 0 Å². The van der Waals surface area contributed by atoms with Crippen molar-refractivity contribution >= 4 is 17.6 Å². The first-order chi connectivity index (χ1) is 13.0. The fraction of sp³-hybridized carbons (Fsp3) is 0.0526. The van der Waals surface area contributed by atoms with Crippen LogP contribution in [0.3, 0.4) is 0 Å². The summed E-state index contributed by atoms with van der Waals surface area (Å²) in [4.78, 5) is 40.2. The van der Waals surface area contributed by atoms with Crippen molar-refractivity contribution in [1.82, 2.24) is 14.9 Å². The summed E-state index contributed by atoms with van der Waals surface area (Å²) in [5.41, 5.74) is 6.75. The zero-order valence-electron chi connectivity index (χ0n) is 14.2. The molecule has 0 aliphatic carbocycles. The molecule has 3 N–H and O–H groups in total. The van der Waals surface area contributed by atoms with Gasteiger partial charge in [0.25, 0.3) is 17.4 Å². The van der Waals surface area contributed by atoms with Crippen LogP contribution < -0.4 is 21.3 Å². The number of ether oxygens (including phenoxy) is 1. The molecule has 0 radical (unpaired) electrons. The number of imide groups is 1. The lowest BCUT2D eigenvalue weighted by Crippen LogP contribution is -2.24. The molecule has 2 aromatic heterocycles. The van der Waals surface area contributed by atoms with Gasteiger partial charge in [0.05, 0.1) is 23.0 Å². The largest absolute Gasteiger partial charge is 0.455 e. The molecule has 134 valence electrons. The van der Waals surface area contributed by atoms with E-state index in [1.807, 2.05) is 6.92 Å². The van der Waals surface area contributed by atoms with Gasteiger partial charge in [0.2, 0.25) is 0 Å². The number of hydrogen-bond donors (Lipinski definition) is 2. The molecule has 0 spiro atoms. The third-order valence-electron chi connectivity index (χ3n) is 4.23. The predicted octanol–water partition coefficient (Wildman–Crippen LogP) is 1.80. The first-order valence-corrected chi connectivity index (χ1v) is 8.06. The number of aryl methyl sites for hydroxylation is 1. The Balaban J connectivity index is 1.78. The molecule has 0 bridgehead atoms. The number of carbonyl (C=O) groups excluding carboxylic acids is 2. The Kier molecular flexibility index (Phi) is 3.73. The summed E-state index contributed by atoms with van der Waals surface area (Å²) in [5.74, 6) is -0.150. The van der Waals surface area contributed by atoms with E-state index in [0.29, 0.717) is 17.2 Å².